The average molecular weight is 262 g/mol. The number of nitrogens with one attached hydrogen (secondary N) is 2. The van der Waals surface area contributed by atoms with Gasteiger partial charge in [0.15, 0.2) is 0 Å². The molecule has 1 saturated carbocycles. The van der Waals surface area contributed by atoms with Crippen LogP contribution in [0.4, 0.5) is 0 Å². The van der Waals surface area contributed by atoms with E-state index in [4.69, 9.17) is 0 Å². The number of hydrogen-bond acceptors (Lipinski definition) is 3. The molecular formula is C12H26N2O2S. The first-order chi connectivity index (χ1) is 8.04. The van der Waals surface area contributed by atoms with Crippen molar-refractivity contribution in [3.63, 3.8) is 0 Å². The molecule has 17 heavy (non-hydrogen) atoms. The minimum Gasteiger partial charge on any atom is -0.320 e. The molecule has 0 unspecified atom stereocenters. The lowest BCUT2D eigenvalue weighted by Crippen LogP contribution is -2.42. The molecule has 4 nitrogen and oxygen atoms in total. The molecule has 2 N–H and O–H groups in total. The molecule has 0 aromatic carbocycles. The largest absolute Gasteiger partial charge is 0.320 e. The summed E-state index contributed by atoms with van der Waals surface area (Å²) in [6.07, 6.45) is 6.32. The van der Waals surface area contributed by atoms with Gasteiger partial charge in [-0.2, -0.15) is 0 Å². The monoisotopic (exact) mass is 262 g/mol. The van der Waals surface area contributed by atoms with Gasteiger partial charge in [-0.15, -0.1) is 0 Å². The van der Waals surface area contributed by atoms with Crippen LogP contribution >= 0.6 is 0 Å². The van der Waals surface area contributed by atoms with Crippen molar-refractivity contribution in [2.45, 2.75) is 45.4 Å². The van der Waals surface area contributed by atoms with E-state index in [2.05, 4.69) is 17.0 Å². The third kappa shape index (κ3) is 4.94. The van der Waals surface area contributed by atoms with Crippen molar-refractivity contribution < 1.29 is 8.42 Å². The second-order valence-electron chi connectivity index (χ2n) is 5.16. The number of sulfonamides is 1. The Morgan fingerprint density at radius 3 is 2.41 bits per heavy atom. The lowest BCUT2D eigenvalue weighted by atomic mass is 9.67. The summed E-state index contributed by atoms with van der Waals surface area (Å²) >= 11 is 0. The number of rotatable bonds is 9. The molecule has 0 aromatic heterocycles. The van der Waals surface area contributed by atoms with Crippen LogP contribution in [0.1, 0.15) is 45.4 Å². The maximum absolute atomic E-state index is 11.8. The van der Waals surface area contributed by atoms with Crippen LogP contribution in [0.3, 0.4) is 0 Å². The third-order valence-electron chi connectivity index (χ3n) is 3.92. The highest BCUT2D eigenvalue weighted by Gasteiger charge is 2.35. The van der Waals surface area contributed by atoms with Crippen LogP contribution in [0, 0.1) is 5.41 Å². The quantitative estimate of drug-likeness (QED) is 0.619. The molecule has 0 atom stereocenters. The van der Waals surface area contributed by atoms with Crippen molar-refractivity contribution in [2.75, 3.05) is 25.9 Å². The Balaban J connectivity index is 2.24. The van der Waals surface area contributed by atoms with Crippen LogP contribution in [-0.4, -0.2) is 34.3 Å². The Kier molecular flexibility index (Phi) is 5.89. The van der Waals surface area contributed by atoms with Gasteiger partial charge in [-0.05, 0) is 51.1 Å². The van der Waals surface area contributed by atoms with Gasteiger partial charge in [-0.3, -0.25) is 0 Å². The normalized spacial score (nSPS) is 18.9. The van der Waals surface area contributed by atoms with Gasteiger partial charge in [0.2, 0.25) is 10.0 Å². The van der Waals surface area contributed by atoms with Crippen molar-refractivity contribution in [1.82, 2.24) is 10.0 Å². The zero-order valence-corrected chi connectivity index (χ0v) is 11.9. The minimum atomic E-state index is -3.06. The maximum Gasteiger partial charge on any atom is 0.211 e. The molecule has 1 aliphatic rings. The average Bonchev–Trinajstić information content (AvgIpc) is 2.24. The maximum atomic E-state index is 11.8. The van der Waals surface area contributed by atoms with Gasteiger partial charge in [0.1, 0.15) is 0 Å². The highest BCUT2D eigenvalue weighted by Crippen LogP contribution is 2.43. The lowest BCUT2D eigenvalue weighted by Gasteiger charge is -2.41. The molecule has 5 heteroatoms. The Morgan fingerprint density at radius 2 is 1.94 bits per heavy atom. The predicted molar refractivity (Wildman–Crippen MR) is 71.5 cm³/mol. The van der Waals surface area contributed by atoms with E-state index in [9.17, 15) is 8.42 Å². The number of hydrogen-bond donors (Lipinski definition) is 2. The summed E-state index contributed by atoms with van der Waals surface area (Å²) < 4.78 is 26.3. The van der Waals surface area contributed by atoms with Gasteiger partial charge < -0.3 is 5.32 Å². The molecule has 0 heterocycles. The highest BCUT2D eigenvalue weighted by molar-refractivity contribution is 7.89. The summed E-state index contributed by atoms with van der Waals surface area (Å²) in [5.74, 6) is 0.258. The van der Waals surface area contributed by atoms with E-state index in [0.717, 1.165) is 25.8 Å². The van der Waals surface area contributed by atoms with Crippen molar-refractivity contribution in [2.24, 2.45) is 5.41 Å². The van der Waals surface area contributed by atoms with Crippen LogP contribution < -0.4 is 10.0 Å². The van der Waals surface area contributed by atoms with Crippen molar-refractivity contribution >= 4 is 10.0 Å². The third-order valence-corrected chi connectivity index (χ3v) is 5.33. The van der Waals surface area contributed by atoms with E-state index < -0.39 is 10.0 Å². The molecule has 0 amide bonds. The van der Waals surface area contributed by atoms with E-state index in [1.165, 1.54) is 19.3 Å². The topological polar surface area (TPSA) is 58.2 Å². The summed E-state index contributed by atoms with van der Waals surface area (Å²) in [4.78, 5) is 0. The van der Waals surface area contributed by atoms with Gasteiger partial charge in [0.25, 0.3) is 0 Å². The van der Waals surface area contributed by atoms with E-state index >= 15 is 0 Å². The van der Waals surface area contributed by atoms with E-state index in [1.807, 2.05) is 7.05 Å². The Labute approximate surface area is 106 Å². The van der Waals surface area contributed by atoms with E-state index in [0.29, 0.717) is 6.54 Å². The molecule has 102 valence electrons. The van der Waals surface area contributed by atoms with Crippen LogP contribution in [0.2, 0.25) is 0 Å². The van der Waals surface area contributed by atoms with Crippen LogP contribution in [0.15, 0.2) is 0 Å². The van der Waals surface area contributed by atoms with Gasteiger partial charge in [0, 0.05) is 6.54 Å². The molecular weight excluding hydrogens is 236 g/mol. The van der Waals surface area contributed by atoms with Crippen molar-refractivity contribution in [3.8, 4) is 0 Å². The fourth-order valence-electron chi connectivity index (χ4n) is 2.26. The molecule has 0 saturated heterocycles. The Hall–Kier alpha value is -0.130. The fraction of sp³-hybridized carbons (Fsp3) is 1.00. The zero-order valence-electron chi connectivity index (χ0n) is 11.1. The molecule has 1 fully saturated rings. The summed E-state index contributed by atoms with van der Waals surface area (Å²) in [6.45, 7) is 3.67. The Bertz CT molecular complexity index is 305. The highest BCUT2D eigenvalue weighted by atomic mass is 32.2. The van der Waals surface area contributed by atoms with E-state index in [1.54, 1.807) is 0 Å². The lowest BCUT2D eigenvalue weighted by molar-refractivity contribution is 0.133. The first-order valence-corrected chi connectivity index (χ1v) is 8.31. The molecule has 0 aliphatic heterocycles. The summed E-state index contributed by atoms with van der Waals surface area (Å²) in [5.41, 5.74) is 0.262. The number of unbranched alkanes of at least 4 members (excludes halogenated alkanes) is 1. The predicted octanol–water partition coefficient (Wildman–Crippen LogP) is 1.49. The molecule has 0 radical (unpaired) electrons. The van der Waals surface area contributed by atoms with Gasteiger partial charge >= 0.3 is 0 Å². The van der Waals surface area contributed by atoms with Crippen LogP contribution in [-0.2, 0) is 10.0 Å². The molecule has 0 aromatic rings. The van der Waals surface area contributed by atoms with Gasteiger partial charge in [-0.25, -0.2) is 13.1 Å². The van der Waals surface area contributed by atoms with Crippen LogP contribution in [0.25, 0.3) is 0 Å². The Morgan fingerprint density at radius 1 is 1.24 bits per heavy atom. The SMILES string of the molecule is CCC1(CNS(=O)(=O)CCCCNC)CCC1. The van der Waals surface area contributed by atoms with Crippen molar-refractivity contribution in [3.05, 3.63) is 0 Å². The van der Waals surface area contributed by atoms with Gasteiger partial charge in [0.05, 0.1) is 5.75 Å². The molecule has 1 aliphatic carbocycles. The van der Waals surface area contributed by atoms with Crippen molar-refractivity contribution in [1.29, 1.82) is 0 Å². The summed E-state index contributed by atoms with van der Waals surface area (Å²) in [6, 6.07) is 0. The second-order valence-corrected chi connectivity index (χ2v) is 7.08. The summed E-state index contributed by atoms with van der Waals surface area (Å²) in [7, 11) is -1.18. The second kappa shape index (κ2) is 6.71. The smallest absolute Gasteiger partial charge is 0.211 e. The first kappa shape index (κ1) is 14.9. The fourth-order valence-corrected chi connectivity index (χ4v) is 3.52. The standard InChI is InChI=1S/C12H26N2O2S/c1-3-12(7-6-8-12)11-14-17(15,16)10-5-4-9-13-2/h13-14H,3-11H2,1-2H3. The zero-order chi connectivity index (χ0) is 12.8. The van der Waals surface area contributed by atoms with Gasteiger partial charge in [-0.1, -0.05) is 13.3 Å². The van der Waals surface area contributed by atoms with E-state index in [-0.39, 0.29) is 11.2 Å². The summed E-state index contributed by atoms with van der Waals surface area (Å²) in [5, 5.41) is 3.02. The molecule has 1 rings (SSSR count). The van der Waals surface area contributed by atoms with Crippen LogP contribution in [0.5, 0.6) is 0 Å². The first-order valence-electron chi connectivity index (χ1n) is 6.65. The molecule has 0 spiro atoms. The minimum absolute atomic E-state index is 0.258. The molecule has 0 bridgehead atoms.